The van der Waals surface area contributed by atoms with Crippen molar-refractivity contribution in [3.8, 4) is 17.5 Å². The second-order valence-electron chi connectivity index (χ2n) is 3.58. The Morgan fingerprint density at radius 2 is 2.00 bits per heavy atom. The molecule has 0 aliphatic heterocycles. The van der Waals surface area contributed by atoms with E-state index in [2.05, 4.69) is 9.97 Å². The van der Waals surface area contributed by atoms with Gasteiger partial charge in [-0.25, -0.2) is 4.39 Å². The molecule has 104 valence electrons. The Kier molecular flexibility index (Phi) is 3.60. The van der Waals surface area contributed by atoms with Gasteiger partial charge >= 0.3 is 5.69 Å². The van der Waals surface area contributed by atoms with Gasteiger partial charge in [-0.05, 0) is 12.1 Å². The highest BCUT2D eigenvalue weighted by Gasteiger charge is 2.18. The molecule has 0 radical (unpaired) electrons. The van der Waals surface area contributed by atoms with Crippen molar-refractivity contribution in [2.45, 2.75) is 0 Å². The van der Waals surface area contributed by atoms with Gasteiger partial charge in [0.15, 0.2) is 0 Å². The molecule has 9 heteroatoms. The second-order valence-corrected chi connectivity index (χ2v) is 3.58. The number of nitrogens with two attached hydrogens (primary N) is 1. The van der Waals surface area contributed by atoms with Crippen LogP contribution in [0.15, 0.2) is 24.3 Å². The lowest BCUT2D eigenvalue weighted by atomic mass is 10.3. The number of methoxy groups -OCH3 is 1. The molecule has 0 spiro atoms. The van der Waals surface area contributed by atoms with Crippen LogP contribution in [0.1, 0.15) is 0 Å². The minimum Gasteiger partial charge on any atom is -0.481 e. The van der Waals surface area contributed by atoms with Gasteiger partial charge < -0.3 is 15.2 Å². The van der Waals surface area contributed by atoms with Crippen LogP contribution >= 0.6 is 0 Å². The Hall–Kier alpha value is -2.97. The molecule has 0 saturated carbocycles. The first-order valence-electron chi connectivity index (χ1n) is 5.30. The Bertz CT molecular complexity index is 665. The van der Waals surface area contributed by atoms with Gasteiger partial charge in [-0.1, -0.05) is 0 Å². The summed E-state index contributed by atoms with van der Waals surface area (Å²) in [5.41, 5.74) is 4.91. The molecular weight excluding hydrogens is 271 g/mol. The van der Waals surface area contributed by atoms with Crippen molar-refractivity contribution in [3.05, 3.63) is 40.2 Å². The van der Waals surface area contributed by atoms with Crippen LogP contribution in [0.4, 0.5) is 16.0 Å². The molecule has 0 aliphatic rings. The third-order valence-electron chi connectivity index (χ3n) is 2.24. The number of ether oxygens (including phenoxy) is 2. The summed E-state index contributed by atoms with van der Waals surface area (Å²) in [7, 11) is 1.37. The molecular formula is C11H9FN4O4. The van der Waals surface area contributed by atoms with Crippen LogP contribution in [0.25, 0.3) is 0 Å². The number of benzene rings is 1. The van der Waals surface area contributed by atoms with Crippen LogP contribution in [0, 0.1) is 15.9 Å². The van der Waals surface area contributed by atoms with E-state index in [-0.39, 0.29) is 23.5 Å². The van der Waals surface area contributed by atoms with E-state index in [0.29, 0.717) is 0 Å². The molecule has 8 nitrogen and oxygen atoms in total. The number of nitrogen functional groups attached to an aromatic ring is 1. The van der Waals surface area contributed by atoms with Crippen molar-refractivity contribution in [2.75, 3.05) is 12.8 Å². The Morgan fingerprint density at radius 3 is 2.65 bits per heavy atom. The van der Waals surface area contributed by atoms with Crippen LogP contribution in [0.3, 0.4) is 0 Å². The van der Waals surface area contributed by atoms with Crippen LogP contribution in [0.2, 0.25) is 0 Å². The summed E-state index contributed by atoms with van der Waals surface area (Å²) in [6, 6.07) is 4.20. The zero-order valence-electron chi connectivity index (χ0n) is 10.2. The Morgan fingerprint density at radius 1 is 1.30 bits per heavy atom. The zero-order valence-corrected chi connectivity index (χ0v) is 10.2. The molecule has 0 amide bonds. The number of nitro groups is 1. The van der Waals surface area contributed by atoms with Crippen LogP contribution in [-0.2, 0) is 0 Å². The maximum atomic E-state index is 13.0. The van der Waals surface area contributed by atoms with Crippen molar-refractivity contribution >= 4 is 11.6 Å². The minimum atomic E-state index is -0.764. The molecule has 0 bridgehead atoms. The third-order valence-corrected chi connectivity index (χ3v) is 2.24. The fourth-order valence-electron chi connectivity index (χ4n) is 1.41. The van der Waals surface area contributed by atoms with Crippen LogP contribution < -0.4 is 15.2 Å². The van der Waals surface area contributed by atoms with Gasteiger partial charge in [-0.3, -0.25) is 10.1 Å². The number of anilines is 1. The fourth-order valence-corrected chi connectivity index (χ4v) is 1.41. The van der Waals surface area contributed by atoms with Crippen molar-refractivity contribution in [1.29, 1.82) is 0 Å². The van der Waals surface area contributed by atoms with Crippen LogP contribution in [-0.4, -0.2) is 22.0 Å². The predicted octanol–water partition coefficient (Wildman–Crippen LogP) is 1.91. The lowest BCUT2D eigenvalue weighted by Gasteiger charge is -2.07. The fraction of sp³-hybridized carbons (Fsp3) is 0.0909. The molecule has 2 rings (SSSR count). The molecule has 0 unspecified atom stereocenters. The van der Waals surface area contributed by atoms with E-state index in [1.54, 1.807) is 0 Å². The van der Waals surface area contributed by atoms with E-state index in [4.69, 9.17) is 15.2 Å². The molecule has 0 fully saturated rings. The topological polar surface area (TPSA) is 113 Å². The summed E-state index contributed by atoms with van der Waals surface area (Å²) >= 11 is 0. The van der Waals surface area contributed by atoms with Crippen molar-refractivity contribution in [3.63, 3.8) is 0 Å². The second kappa shape index (κ2) is 5.34. The summed E-state index contributed by atoms with van der Waals surface area (Å²) < 4.78 is 23.1. The lowest BCUT2D eigenvalue weighted by Crippen LogP contribution is -2.00. The summed E-state index contributed by atoms with van der Waals surface area (Å²) in [6.45, 7) is 0. The highest BCUT2D eigenvalue weighted by molar-refractivity contribution is 5.48. The molecule has 0 atom stereocenters. The highest BCUT2D eigenvalue weighted by Crippen LogP contribution is 2.32. The minimum absolute atomic E-state index is 0.0518. The van der Waals surface area contributed by atoms with Gasteiger partial charge in [0.25, 0.3) is 0 Å². The first kappa shape index (κ1) is 13.5. The van der Waals surface area contributed by atoms with E-state index in [1.165, 1.54) is 13.2 Å². The SMILES string of the molecule is COc1cc(Oc2ccc(F)cc2[N+](=O)[O-])nc(N)n1. The third kappa shape index (κ3) is 2.88. The molecule has 0 saturated heterocycles. The number of nitrogens with zero attached hydrogens (tertiary/aromatic N) is 3. The Labute approximate surface area is 112 Å². The summed E-state index contributed by atoms with van der Waals surface area (Å²) in [5, 5.41) is 10.8. The van der Waals surface area contributed by atoms with E-state index < -0.39 is 16.4 Å². The standard InChI is InChI=1S/C11H9FN4O4/c1-19-9-5-10(15-11(13)14-9)20-8-3-2-6(12)4-7(8)16(17)18/h2-5H,1H3,(H2,13,14,15). The van der Waals surface area contributed by atoms with E-state index >= 15 is 0 Å². The average molecular weight is 280 g/mol. The largest absolute Gasteiger partial charge is 0.481 e. The van der Waals surface area contributed by atoms with Gasteiger partial charge in [0.1, 0.15) is 5.82 Å². The number of aromatic nitrogens is 2. The maximum Gasteiger partial charge on any atom is 0.314 e. The van der Waals surface area contributed by atoms with Crippen molar-refractivity contribution in [1.82, 2.24) is 9.97 Å². The predicted molar refractivity (Wildman–Crippen MR) is 66.1 cm³/mol. The molecule has 2 N–H and O–H groups in total. The number of halogens is 1. The number of rotatable bonds is 4. The van der Waals surface area contributed by atoms with Gasteiger partial charge in [0.2, 0.25) is 23.5 Å². The van der Waals surface area contributed by atoms with Gasteiger partial charge in [-0.15, -0.1) is 0 Å². The van der Waals surface area contributed by atoms with Crippen molar-refractivity contribution < 1.29 is 18.8 Å². The summed E-state index contributed by atoms with van der Waals surface area (Å²) in [4.78, 5) is 17.6. The molecule has 1 aromatic carbocycles. The molecule has 0 aliphatic carbocycles. The van der Waals surface area contributed by atoms with E-state index in [1.807, 2.05) is 0 Å². The number of nitro benzene ring substituents is 1. The van der Waals surface area contributed by atoms with Gasteiger partial charge in [0.05, 0.1) is 24.2 Å². The number of hydrogen-bond acceptors (Lipinski definition) is 7. The zero-order chi connectivity index (χ0) is 14.7. The quantitative estimate of drug-likeness (QED) is 0.672. The lowest BCUT2D eigenvalue weighted by molar-refractivity contribution is -0.385. The van der Waals surface area contributed by atoms with Crippen molar-refractivity contribution in [2.24, 2.45) is 0 Å². The maximum absolute atomic E-state index is 13.0. The normalized spacial score (nSPS) is 10.1. The first-order chi connectivity index (χ1) is 9.49. The van der Waals surface area contributed by atoms with Gasteiger partial charge in [-0.2, -0.15) is 9.97 Å². The molecule has 2 aromatic rings. The summed E-state index contributed by atoms with van der Waals surface area (Å²) in [5.74, 6) is -0.953. The monoisotopic (exact) mass is 280 g/mol. The highest BCUT2D eigenvalue weighted by atomic mass is 19.1. The first-order valence-corrected chi connectivity index (χ1v) is 5.30. The van der Waals surface area contributed by atoms with E-state index in [9.17, 15) is 14.5 Å². The number of hydrogen-bond donors (Lipinski definition) is 1. The van der Waals surface area contributed by atoms with Gasteiger partial charge in [0, 0.05) is 0 Å². The average Bonchev–Trinajstić information content (AvgIpc) is 2.40. The van der Waals surface area contributed by atoms with E-state index in [0.717, 1.165) is 18.2 Å². The smallest absolute Gasteiger partial charge is 0.314 e. The van der Waals surface area contributed by atoms with Crippen LogP contribution in [0.5, 0.6) is 17.5 Å². The molecule has 1 heterocycles. The molecule has 1 aromatic heterocycles. The summed E-state index contributed by atoms with van der Waals surface area (Å²) in [6.07, 6.45) is 0. The molecule has 20 heavy (non-hydrogen) atoms. The Balaban J connectivity index is 2.39.